The Morgan fingerprint density at radius 2 is 1.86 bits per heavy atom. The fourth-order valence-electron chi connectivity index (χ4n) is 3.04. The van der Waals surface area contributed by atoms with Crippen LogP contribution in [0.25, 0.3) is 11.1 Å². The summed E-state index contributed by atoms with van der Waals surface area (Å²) < 4.78 is 5.39. The number of nitrogens with zero attached hydrogens (tertiary/aromatic N) is 1. The number of methoxy groups -OCH3 is 1. The number of halogens is 2. The molecular formula is C22H20Cl2N2O2. The van der Waals surface area contributed by atoms with Gasteiger partial charge in [0.25, 0.3) is 5.91 Å². The van der Waals surface area contributed by atoms with E-state index in [1.165, 1.54) is 0 Å². The first kappa shape index (κ1) is 20.2. The lowest BCUT2D eigenvalue weighted by Crippen LogP contribution is -2.23. The highest BCUT2D eigenvalue weighted by Gasteiger charge is 2.14. The minimum absolute atomic E-state index is 0.192. The highest BCUT2D eigenvalue weighted by molar-refractivity contribution is 6.33. The molecule has 0 bridgehead atoms. The lowest BCUT2D eigenvalue weighted by Gasteiger charge is -2.13. The lowest BCUT2D eigenvalue weighted by atomic mass is 10.0. The van der Waals surface area contributed by atoms with Crippen molar-refractivity contribution in [1.29, 1.82) is 0 Å². The van der Waals surface area contributed by atoms with Gasteiger partial charge in [0.1, 0.15) is 10.9 Å². The van der Waals surface area contributed by atoms with Gasteiger partial charge in [-0.05, 0) is 55.3 Å². The number of ether oxygens (including phenoxy) is 1. The number of amides is 1. The minimum Gasteiger partial charge on any atom is -0.496 e. The third kappa shape index (κ3) is 4.29. The summed E-state index contributed by atoms with van der Waals surface area (Å²) in [6.45, 7) is 4.28. The number of aromatic nitrogens is 1. The number of pyridine rings is 1. The number of carbonyl (C=O) groups is 1. The number of aryl methyl sites for hydroxylation is 2. The molecule has 0 saturated carbocycles. The number of hydrogen-bond donors (Lipinski definition) is 1. The van der Waals surface area contributed by atoms with Crippen LogP contribution in [0, 0.1) is 13.8 Å². The molecule has 0 aliphatic rings. The Labute approximate surface area is 174 Å². The Balaban J connectivity index is 1.86. The molecule has 1 aromatic heterocycles. The molecule has 0 unspecified atom stereocenters. The number of hydrogen-bond acceptors (Lipinski definition) is 3. The van der Waals surface area contributed by atoms with Crippen LogP contribution >= 0.6 is 23.2 Å². The summed E-state index contributed by atoms with van der Waals surface area (Å²) in [6.07, 6.45) is 1.67. The maximum atomic E-state index is 12.7. The molecule has 1 amide bonds. The first-order chi connectivity index (χ1) is 13.4. The van der Waals surface area contributed by atoms with Gasteiger partial charge >= 0.3 is 0 Å². The van der Waals surface area contributed by atoms with E-state index in [2.05, 4.69) is 10.3 Å². The summed E-state index contributed by atoms with van der Waals surface area (Å²) in [6, 6.07) is 12.7. The van der Waals surface area contributed by atoms with Gasteiger partial charge < -0.3 is 10.1 Å². The van der Waals surface area contributed by atoms with E-state index in [-0.39, 0.29) is 5.91 Å². The lowest BCUT2D eigenvalue weighted by molar-refractivity contribution is 0.0950. The molecule has 0 aliphatic heterocycles. The largest absolute Gasteiger partial charge is 0.496 e. The molecule has 6 heteroatoms. The second-order valence-electron chi connectivity index (χ2n) is 6.45. The normalized spacial score (nSPS) is 10.6. The quantitative estimate of drug-likeness (QED) is 0.551. The second-order valence-corrected chi connectivity index (χ2v) is 7.25. The van der Waals surface area contributed by atoms with Gasteiger partial charge in [-0.1, -0.05) is 35.3 Å². The van der Waals surface area contributed by atoms with E-state index in [1.54, 1.807) is 37.6 Å². The predicted molar refractivity (Wildman–Crippen MR) is 113 cm³/mol. The van der Waals surface area contributed by atoms with Gasteiger partial charge in [0, 0.05) is 40.0 Å². The molecule has 0 aliphatic carbocycles. The number of nitrogens with one attached hydrogen (secondary N) is 1. The summed E-state index contributed by atoms with van der Waals surface area (Å²) in [5.41, 5.74) is 5.03. The van der Waals surface area contributed by atoms with Crippen LogP contribution in [0.1, 0.15) is 27.0 Å². The van der Waals surface area contributed by atoms with E-state index >= 15 is 0 Å². The van der Waals surface area contributed by atoms with Crippen molar-refractivity contribution in [3.05, 3.63) is 81.1 Å². The second kappa shape index (κ2) is 8.63. The van der Waals surface area contributed by atoms with E-state index in [4.69, 9.17) is 27.9 Å². The molecule has 3 rings (SSSR count). The summed E-state index contributed by atoms with van der Waals surface area (Å²) in [5.74, 6) is 0.558. The van der Waals surface area contributed by atoms with Crippen LogP contribution < -0.4 is 10.1 Å². The molecule has 3 aromatic rings. The molecule has 4 nitrogen and oxygen atoms in total. The average Bonchev–Trinajstić information content (AvgIpc) is 2.67. The molecule has 2 aromatic carbocycles. The van der Waals surface area contributed by atoms with Gasteiger partial charge in [0.2, 0.25) is 0 Å². The molecular weight excluding hydrogens is 395 g/mol. The SMILES string of the molecule is COc1cccc(C)c1CNC(=O)c1ccc(Cl)c(-c2cnc(Cl)cc2C)c1. The van der Waals surface area contributed by atoms with E-state index in [1.807, 2.05) is 32.0 Å². The zero-order valence-corrected chi connectivity index (χ0v) is 17.4. The van der Waals surface area contributed by atoms with Crippen molar-refractivity contribution < 1.29 is 9.53 Å². The topological polar surface area (TPSA) is 51.2 Å². The first-order valence-electron chi connectivity index (χ1n) is 8.73. The summed E-state index contributed by atoms with van der Waals surface area (Å²) in [5, 5.41) is 3.91. The molecule has 144 valence electrons. The van der Waals surface area contributed by atoms with Crippen LogP contribution in [0.5, 0.6) is 5.75 Å². The van der Waals surface area contributed by atoms with E-state index < -0.39 is 0 Å². The maximum Gasteiger partial charge on any atom is 0.251 e. The van der Waals surface area contributed by atoms with Gasteiger partial charge in [-0.25, -0.2) is 4.98 Å². The zero-order chi connectivity index (χ0) is 20.3. The smallest absolute Gasteiger partial charge is 0.251 e. The van der Waals surface area contributed by atoms with Gasteiger partial charge in [0.05, 0.1) is 7.11 Å². The Bertz CT molecular complexity index is 1040. The Morgan fingerprint density at radius 3 is 2.57 bits per heavy atom. The van der Waals surface area contributed by atoms with Crippen molar-refractivity contribution in [2.75, 3.05) is 7.11 Å². The van der Waals surface area contributed by atoms with Crippen LogP contribution in [-0.4, -0.2) is 18.0 Å². The van der Waals surface area contributed by atoms with Crippen molar-refractivity contribution in [3.63, 3.8) is 0 Å². The molecule has 0 saturated heterocycles. The van der Waals surface area contributed by atoms with Crippen LogP contribution in [-0.2, 0) is 6.54 Å². The molecule has 0 radical (unpaired) electrons. The zero-order valence-electron chi connectivity index (χ0n) is 15.8. The summed E-state index contributed by atoms with van der Waals surface area (Å²) in [4.78, 5) is 16.9. The van der Waals surface area contributed by atoms with Crippen LogP contribution in [0.3, 0.4) is 0 Å². The van der Waals surface area contributed by atoms with Crippen LogP contribution in [0.2, 0.25) is 10.2 Å². The fourth-order valence-corrected chi connectivity index (χ4v) is 3.47. The number of carbonyl (C=O) groups excluding carboxylic acids is 1. The van der Waals surface area contributed by atoms with E-state index in [0.717, 1.165) is 33.6 Å². The monoisotopic (exact) mass is 414 g/mol. The molecule has 0 fully saturated rings. The van der Waals surface area contributed by atoms with Gasteiger partial charge in [-0.3, -0.25) is 4.79 Å². The highest BCUT2D eigenvalue weighted by atomic mass is 35.5. The first-order valence-corrected chi connectivity index (χ1v) is 9.49. The van der Waals surface area contributed by atoms with Gasteiger partial charge in [-0.15, -0.1) is 0 Å². The van der Waals surface area contributed by atoms with Crippen molar-refractivity contribution in [3.8, 4) is 16.9 Å². The van der Waals surface area contributed by atoms with E-state index in [9.17, 15) is 4.79 Å². The molecule has 0 spiro atoms. The molecule has 1 heterocycles. The Morgan fingerprint density at radius 1 is 1.07 bits per heavy atom. The Kier molecular flexibility index (Phi) is 6.22. The van der Waals surface area contributed by atoms with E-state index in [0.29, 0.717) is 22.3 Å². The third-order valence-corrected chi connectivity index (χ3v) is 5.15. The minimum atomic E-state index is -0.192. The standard InChI is InChI=1S/C22H20Cl2N2O2/c1-13-5-4-6-20(28-3)18(13)12-26-22(27)15-7-8-19(23)16(10-15)17-11-25-21(24)9-14(17)2/h4-11H,12H2,1-3H3,(H,26,27). The Hall–Kier alpha value is -2.56. The number of benzene rings is 2. The van der Waals surface area contributed by atoms with Crippen molar-refractivity contribution in [2.45, 2.75) is 20.4 Å². The number of rotatable bonds is 5. The van der Waals surface area contributed by atoms with Crippen LogP contribution in [0.15, 0.2) is 48.7 Å². The molecule has 0 atom stereocenters. The van der Waals surface area contributed by atoms with Gasteiger partial charge in [-0.2, -0.15) is 0 Å². The maximum absolute atomic E-state index is 12.7. The van der Waals surface area contributed by atoms with Crippen molar-refractivity contribution in [2.24, 2.45) is 0 Å². The highest BCUT2D eigenvalue weighted by Crippen LogP contribution is 2.31. The molecule has 1 N–H and O–H groups in total. The predicted octanol–water partition coefficient (Wildman–Crippen LogP) is 5.61. The summed E-state index contributed by atoms with van der Waals surface area (Å²) in [7, 11) is 1.62. The van der Waals surface area contributed by atoms with Crippen LogP contribution in [0.4, 0.5) is 0 Å². The average molecular weight is 415 g/mol. The third-order valence-electron chi connectivity index (χ3n) is 4.61. The summed E-state index contributed by atoms with van der Waals surface area (Å²) >= 11 is 12.3. The van der Waals surface area contributed by atoms with Crippen molar-refractivity contribution in [1.82, 2.24) is 10.3 Å². The molecule has 28 heavy (non-hydrogen) atoms. The van der Waals surface area contributed by atoms with Gasteiger partial charge in [0.15, 0.2) is 0 Å². The fraction of sp³-hybridized carbons (Fsp3) is 0.182. The van der Waals surface area contributed by atoms with Crippen molar-refractivity contribution >= 4 is 29.1 Å².